The third-order valence-electron chi connectivity index (χ3n) is 2.81. The van der Waals surface area contributed by atoms with Crippen molar-refractivity contribution in [3.05, 3.63) is 5.69 Å². The molecule has 1 atom stereocenters. The predicted molar refractivity (Wildman–Crippen MR) is 54.3 cm³/mol. The zero-order valence-electron chi connectivity index (χ0n) is 9.68. The maximum atomic E-state index is 12.6. The first-order valence-electron chi connectivity index (χ1n) is 5.25. The molecule has 7 nitrogen and oxygen atoms in total. The summed E-state index contributed by atoms with van der Waals surface area (Å²) in [7, 11) is 1.30. The van der Waals surface area contributed by atoms with Crippen molar-refractivity contribution in [2.45, 2.75) is 25.1 Å². The maximum Gasteiger partial charge on any atom is 0.471 e. The molecule has 104 valence electrons. The highest BCUT2D eigenvalue weighted by Gasteiger charge is 2.50. The standard InChI is InChI=1S/C9H9F3N4O3/c1-15-6-4(13-14-15)2-3-5(7(17)18)16(6)8(19)9(10,11)12/h5H,2-3H2,1H3,(H,17,18). The van der Waals surface area contributed by atoms with E-state index in [2.05, 4.69) is 10.3 Å². The van der Waals surface area contributed by atoms with Gasteiger partial charge < -0.3 is 5.11 Å². The topological polar surface area (TPSA) is 88.3 Å². The molecule has 0 fully saturated rings. The Hall–Kier alpha value is -2.13. The van der Waals surface area contributed by atoms with Crippen LogP contribution in [0.2, 0.25) is 0 Å². The number of rotatable bonds is 1. The second kappa shape index (κ2) is 4.21. The molecule has 0 radical (unpaired) electrons. The smallest absolute Gasteiger partial charge is 0.471 e. The molecule has 10 heteroatoms. The summed E-state index contributed by atoms with van der Waals surface area (Å²) in [6, 6.07) is -1.57. The zero-order chi connectivity index (χ0) is 14.4. The molecule has 1 aliphatic rings. The van der Waals surface area contributed by atoms with Crippen LogP contribution in [0.5, 0.6) is 0 Å². The molecule has 0 aromatic carbocycles. The molecule has 19 heavy (non-hydrogen) atoms. The Bertz CT molecular complexity index is 539. The molecule has 0 bridgehead atoms. The number of aliphatic carboxylic acids is 1. The summed E-state index contributed by atoms with van der Waals surface area (Å²) in [6.07, 6.45) is -5.14. The van der Waals surface area contributed by atoms with Crippen molar-refractivity contribution in [2.24, 2.45) is 7.05 Å². The van der Waals surface area contributed by atoms with Gasteiger partial charge in [-0.25, -0.2) is 9.48 Å². The number of carboxylic acid groups (broad SMARTS) is 1. The van der Waals surface area contributed by atoms with Crippen molar-refractivity contribution in [3.63, 3.8) is 0 Å². The first-order chi connectivity index (χ1) is 8.73. The molecule has 1 aromatic rings. The lowest BCUT2D eigenvalue weighted by Gasteiger charge is -2.32. The van der Waals surface area contributed by atoms with Crippen molar-refractivity contribution in [2.75, 3.05) is 4.90 Å². The molecule has 1 unspecified atom stereocenters. The van der Waals surface area contributed by atoms with E-state index in [9.17, 15) is 22.8 Å². The molecular weight excluding hydrogens is 269 g/mol. The Kier molecular flexibility index (Phi) is 2.95. The van der Waals surface area contributed by atoms with Gasteiger partial charge in [0, 0.05) is 7.05 Å². The first kappa shape index (κ1) is 13.3. The minimum absolute atomic E-state index is 0.136. The van der Waals surface area contributed by atoms with Crippen LogP contribution in [0.4, 0.5) is 19.0 Å². The van der Waals surface area contributed by atoms with Gasteiger partial charge in [0.1, 0.15) is 11.7 Å². The van der Waals surface area contributed by atoms with Gasteiger partial charge in [0.05, 0.1) is 0 Å². The van der Waals surface area contributed by atoms with E-state index in [-0.39, 0.29) is 29.3 Å². The van der Waals surface area contributed by atoms with Gasteiger partial charge in [-0.15, -0.1) is 5.10 Å². The quantitative estimate of drug-likeness (QED) is 0.787. The molecule has 0 spiro atoms. The molecule has 1 amide bonds. The number of nitrogens with zero attached hydrogens (tertiary/aromatic N) is 4. The van der Waals surface area contributed by atoms with Crippen LogP contribution in [0.1, 0.15) is 12.1 Å². The van der Waals surface area contributed by atoms with Crippen LogP contribution < -0.4 is 4.90 Å². The van der Waals surface area contributed by atoms with Gasteiger partial charge in [-0.3, -0.25) is 9.69 Å². The van der Waals surface area contributed by atoms with Crippen LogP contribution in [0.25, 0.3) is 0 Å². The number of fused-ring (bicyclic) bond motifs is 1. The van der Waals surface area contributed by atoms with Gasteiger partial charge in [-0.1, -0.05) is 5.21 Å². The van der Waals surface area contributed by atoms with Crippen molar-refractivity contribution in [1.29, 1.82) is 0 Å². The maximum absolute atomic E-state index is 12.6. The number of amides is 1. The lowest BCUT2D eigenvalue weighted by atomic mass is 10.0. The van der Waals surface area contributed by atoms with Crippen LogP contribution in [0.15, 0.2) is 0 Å². The van der Waals surface area contributed by atoms with E-state index in [0.29, 0.717) is 0 Å². The van der Waals surface area contributed by atoms with Crippen molar-refractivity contribution < 1.29 is 27.9 Å². The predicted octanol–water partition coefficient (Wildman–Crippen LogP) is 0.110. The number of carbonyl (C=O) groups is 2. The molecule has 1 aliphatic heterocycles. The first-order valence-corrected chi connectivity index (χ1v) is 5.25. The summed E-state index contributed by atoms with van der Waals surface area (Å²) < 4.78 is 38.7. The highest BCUT2D eigenvalue weighted by Crippen LogP contribution is 2.32. The lowest BCUT2D eigenvalue weighted by Crippen LogP contribution is -2.53. The van der Waals surface area contributed by atoms with Crippen LogP contribution in [0.3, 0.4) is 0 Å². The molecule has 2 rings (SSSR count). The number of halogens is 3. The monoisotopic (exact) mass is 278 g/mol. The van der Waals surface area contributed by atoms with Gasteiger partial charge in [0.25, 0.3) is 0 Å². The average molecular weight is 278 g/mol. The largest absolute Gasteiger partial charge is 0.480 e. The number of aromatic nitrogens is 3. The number of alkyl halides is 3. The molecule has 1 aromatic heterocycles. The van der Waals surface area contributed by atoms with Gasteiger partial charge in [-0.2, -0.15) is 13.2 Å². The van der Waals surface area contributed by atoms with Crippen LogP contribution >= 0.6 is 0 Å². The van der Waals surface area contributed by atoms with Crippen LogP contribution in [-0.2, 0) is 23.1 Å². The Labute approximate surface area is 104 Å². The van der Waals surface area contributed by atoms with E-state index in [0.717, 1.165) is 4.68 Å². The fourth-order valence-electron chi connectivity index (χ4n) is 2.01. The molecule has 0 aliphatic carbocycles. The van der Waals surface area contributed by atoms with Crippen LogP contribution in [-0.4, -0.2) is 44.2 Å². The number of aryl methyl sites for hydroxylation is 2. The SMILES string of the molecule is Cn1nnc2c1N(C(=O)C(F)(F)F)C(C(=O)O)CC2. The normalized spacial score (nSPS) is 19.2. The second-order valence-electron chi connectivity index (χ2n) is 4.05. The summed E-state index contributed by atoms with van der Waals surface area (Å²) >= 11 is 0. The van der Waals surface area contributed by atoms with E-state index < -0.39 is 24.1 Å². The van der Waals surface area contributed by atoms with Gasteiger partial charge in [0.15, 0.2) is 5.82 Å². The number of hydrogen-bond acceptors (Lipinski definition) is 4. The van der Waals surface area contributed by atoms with Gasteiger partial charge in [0.2, 0.25) is 0 Å². The third-order valence-corrected chi connectivity index (χ3v) is 2.81. The van der Waals surface area contributed by atoms with Crippen LogP contribution in [0, 0.1) is 0 Å². The number of carbonyl (C=O) groups excluding carboxylic acids is 1. The third kappa shape index (κ3) is 2.13. The summed E-state index contributed by atoms with van der Waals surface area (Å²) in [6.45, 7) is 0. The molecule has 2 heterocycles. The van der Waals surface area contributed by atoms with E-state index in [1.807, 2.05) is 0 Å². The molecule has 0 saturated heterocycles. The highest BCUT2D eigenvalue weighted by atomic mass is 19.4. The van der Waals surface area contributed by atoms with E-state index in [1.54, 1.807) is 0 Å². The number of hydrogen-bond donors (Lipinski definition) is 1. The summed E-state index contributed by atoms with van der Waals surface area (Å²) in [5.41, 5.74) is 0.178. The number of carboxylic acids is 1. The zero-order valence-corrected chi connectivity index (χ0v) is 9.68. The highest BCUT2D eigenvalue weighted by molar-refractivity contribution is 6.02. The minimum atomic E-state index is -5.16. The van der Waals surface area contributed by atoms with Gasteiger partial charge >= 0.3 is 18.1 Å². The average Bonchev–Trinajstić information content (AvgIpc) is 2.68. The Balaban J connectivity index is 2.53. The molecular formula is C9H9F3N4O3. The summed E-state index contributed by atoms with van der Waals surface area (Å²) in [5, 5.41) is 16.1. The second-order valence-corrected chi connectivity index (χ2v) is 4.05. The minimum Gasteiger partial charge on any atom is -0.480 e. The van der Waals surface area contributed by atoms with E-state index in [4.69, 9.17) is 5.11 Å². The Morgan fingerprint density at radius 3 is 2.58 bits per heavy atom. The van der Waals surface area contributed by atoms with Crippen molar-refractivity contribution in [1.82, 2.24) is 15.0 Å². The van der Waals surface area contributed by atoms with Crippen molar-refractivity contribution >= 4 is 17.7 Å². The van der Waals surface area contributed by atoms with E-state index in [1.165, 1.54) is 7.05 Å². The summed E-state index contributed by atoms with van der Waals surface area (Å²) in [5.74, 6) is -3.95. The van der Waals surface area contributed by atoms with E-state index >= 15 is 0 Å². The molecule has 1 N–H and O–H groups in total. The van der Waals surface area contributed by atoms with Crippen molar-refractivity contribution in [3.8, 4) is 0 Å². The number of anilines is 1. The van der Waals surface area contributed by atoms with Gasteiger partial charge in [-0.05, 0) is 12.8 Å². The fourth-order valence-corrected chi connectivity index (χ4v) is 2.01. The lowest BCUT2D eigenvalue weighted by molar-refractivity contribution is -0.172. The molecule has 0 saturated carbocycles. The summed E-state index contributed by atoms with van der Waals surface area (Å²) in [4.78, 5) is 22.7. The fraction of sp³-hybridized carbons (Fsp3) is 0.556. The Morgan fingerprint density at radius 1 is 1.42 bits per heavy atom. The Morgan fingerprint density at radius 2 is 2.05 bits per heavy atom.